The van der Waals surface area contributed by atoms with Crippen molar-refractivity contribution >= 4 is 17.7 Å². The van der Waals surface area contributed by atoms with Crippen LogP contribution >= 0.6 is 11.8 Å². The first-order chi connectivity index (χ1) is 15.7. The fourth-order valence-corrected chi connectivity index (χ4v) is 4.72. The van der Waals surface area contributed by atoms with Crippen molar-refractivity contribution in [2.75, 3.05) is 32.1 Å². The Hall–Kier alpha value is -2.64. The van der Waals surface area contributed by atoms with Crippen LogP contribution in [-0.4, -0.2) is 57.6 Å². The molecule has 0 spiro atoms. The van der Waals surface area contributed by atoms with Gasteiger partial charge in [0.1, 0.15) is 5.82 Å². The van der Waals surface area contributed by atoms with Crippen LogP contribution in [0.2, 0.25) is 0 Å². The molecule has 1 aliphatic rings. The number of carbonyl (C=O) groups excluding carboxylic acids is 1. The van der Waals surface area contributed by atoms with Gasteiger partial charge in [-0.15, -0.1) is 10.2 Å². The number of hydrogen-bond acceptors (Lipinski definition) is 5. The van der Waals surface area contributed by atoms with E-state index in [1.807, 2.05) is 11.0 Å². The molecule has 0 unspecified atom stereocenters. The molecule has 0 saturated carbocycles. The number of ether oxygens (including phenoxy) is 1. The maximum Gasteiger partial charge on any atom is 0.222 e. The summed E-state index contributed by atoms with van der Waals surface area (Å²) in [4.78, 5) is 14.2. The lowest BCUT2D eigenvalue weighted by molar-refractivity contribution is -0.135. The summed E-state index contributed by atoms with van der Waals surface area (Å²) in [5.41, 5.74) is 3.52. The molecule has 1 aromatic heterocycles. The molecule has 2 heterocycles. The Morgan fingerprint density at radius 1 is 1.00 bits per heavy atom. The van der Waals surface area contributed by atoms with Crippen LogP contribution < -0.4 is 0 Å². The molecule has 1 fully saturated rings. The van der Waals surface area contributed by atoms with E-state index in [0.717, 1.165) is 54.8 Å². The molecule has 0 atom stereocenters. The predicted molar refractivity (Wildman–Crippen MR) is 127 cm³/mol. The average Bonchev–Trinajstić information content (AvgIpc) is 3.22. The highest BCUT2D eigenvalue weighted by molar-refractivity contribution is 7.99. The highest BCUT2D eigenvalue weighted by atomic mass is 32.2. The summed E-state index contributed by atoms with van der Waals surface area (Å²) in [5, 5.41) is 9.92. The molecule has 0 radical (unpaired) electrons. The molecular formula is C25H30N4O2S. The predicted octanol–water partition coefficient (Wildman–Crippen LogP) is 4.29. The quantitative estimate of drug-likeness (QED) is 0.360. The molecule has 0 aliphatic carbocycles. The van der Waals surface area contributed by atoms with Crippen molar-refractivity contribution in [2.45, 2.75) is 37.8 Å². The summed E-state index contributed by atoms with van der Waals surface area (Å²) < 4.78 is 7.49. The van der Waals surface area contributed by atoms with Gasteiger partial charge in [-0.3, -0.25) is 9.36 Å². The lowest BCUT2D eigenvalue weighted by Gasteiger charge is -2.26. The van der Waals surface area contributed by atoms with Gasteiger partial charge in [-0.05, 0) is 37.5 Å². The van der Waals surface area contributed by atoms with Crippen molar-refractivity contribution in [1.82, 2.24) is 19.7 Å². The molecule has 0 bridgehead atoms. The largest absolute Gasteiger partial charge is 0.378 e. The van der Waals surface area contributed by atoms with Gasteiger partial charge in [-0.2, -0.15) is 0 Å². The van der Waals surface area contributed by atoms with E-state index in [2.05, 4.69) is 70.2 Å². The van der Waals surface area contributed by atoms with Crippen LogP contribution in [0.5, 0.6) is 0 Å². The van der Waals surface area contributed by atoms with Crippen molar-refractivity contribution in [2.24, 2.45) is 0 Å². The highest BCUT2D eigenvalue weighted by Crippen LogP contribution is 2.25. The van der Waals surface area contributed by atoms with E-state index in [1.165, 1.54) is 11.1 Å². The van der Waals surface area contributed by atoms with Gasteiger partial charge < -0.3 is 9.64 Å². The summed E-state index contributed by atoms with van der Waals surface area (Å²) in [6.45, 7) is 4.84. The Kier molecular flexibility index (Phi) is 7.96. The minimum atomic E-state index is 0.242. The number of carbonyl (C=O) groups is 1. The second-order valence-electron chi connectivity index (χ2n) is 8.03. The topological polar surface area (TPSA) is 60.2 Å². The molecule has 6 nitrogen and oxygen atoms in total. The van der Waals surface area contributed by atoms with Gasteiger partial charge in [0.25, 0.3) is 0 Å². The number of rotatable bonds is 9. The Morgan fingerprint density at radius 2 is 1.75 bits per heavy atom. The zero-order valence-electron chi connectivity index (χ0n) is 18.6. The van der Waals surface area contributed by atoms with E-state index in [1.54, 1.807) is 11.8 Å². The normalized spacial score (nSPS) is 14.0. The van der Waals surface area contributed by atoms with Gasteiger partial charge in [0, 0.05) is 37.4 Å². The average molecular weight is 451 g/mol. The Labute approximate surface area is 194 Å². The summed E-state index contributed by atoms with van der Waals surface area (Å²) in [5.74, 6) is 2.09. The van der Waals surface area contributed by atoms with Crippen LogP contribution in [0.3, 0.4) is 0 Å². The molecule has 3 aromatic rings. The van der Waals surface area contributed by atoms with Crippen LogP contribution in [0.4, 0.5) is 0 Å². The summed E-state index contributed by atoms with van der Waals surface area (Å²) in [6.07, 6.45) is 3.19. The van der Waals surface area contributed by atoms with Crippen molar-refractivity contribution in [3.05, 3.63) is 71.5 Å². The highest BCUT2D eigenvalue weighted by Gasteiger charge is 2.17. The number of nitrogens with zero attached hydrogens (tertiary/aromatic N) is 4. The Bertz CT molecular complexity index is 999. The fourth-order valence-electron chi connectivity index (χ4n) is 3.75. The molecule has 7 heteroatoms. The van der Waals surface area contributed by atoms with Crippen LogP contribution in [0.25, 0.3) is 5.69 Å². The van der Waals surface area contributed by atoms with E-state index in [4.69, 9.17) is 4.74 Å². The fraction of sp³-hybridized carbons (Fsp3) is 0.400. The van der Waals surface area contributed by atoms with Crippen LogP contribution in [-0.2, 0) is 16.0 Å². The number of amides is 1. The molecule has 1 saturated heterocycles. The molecule has 0 N–H and O–H groups in total. The van der Waals surface area contributed by atoms with Gasteiger partial charge in [0.2, 0.25) is 5.91 Å². The second kappa shape index (κ2) is 11.3. The number of aryl methyl sites for hydroxylation is 1. The van der Waals surface area contributed by atoms with E-state index >= 15 is 0 Å². The third-order valence-electron chi connectivity index (χ3n) is 5.58. The van der Waals surface area contributed by atoms with Gasteiger partial charge in [-0.25, -0.2) is 0 Å². The molecule has 32 heavy (non-hydrogen) atoms. The summed E-state index contributed by atoms with van der Waals surface area (Å²) >= 11 is 1.71. The lowest BCUT2D eigenvalue weighted by Crippen LogP contribution is -2.40. The first kappa shape index (κ1) is 22.6. The van der Waals surface area contributed by atoms with E-state index < -0.39 is 0 Å². The third kappa shape index (κ3) is 5.99. The third-order valence-corrected chi connectivity index (χ3v) is 6.59. The minimum absolute atomic E-state index is 0.242. The number of thioether (sulfide) groups is 1. The second-order valence-corrected chi connectivity index (χ2v) is 9.09. The van der Waals surface area contributed by atoms with Crippen LogP contribution in [0.15, 0.2) is 59.8 Å². The zero-order chi connectivity index (χ0) is 22.2. The number of hydrogen-bond donors (Lipinski definition) is 0. The zero-order valence-corrected chi connectivity index (χ0v) is 19.4. The van der Waals surface area contributed by atoms with E-state index in [9.17, 15) is 4.79 Å². The maximum atomic E-state index is 12.3. The van der Waals surface area contributed by atoms with Gasteiger partial charge >= 0.3 is 0 Å². The van der Waals surface area contributed by atoms with Crippen molar-refractivity contribution < 1.29 is 9.53 Å². The smallest absolute Gasteiger partial charge is 0.222 e. The Balaban J connectivity index is 1.38. The molecule has 1 aliphatic heterocycles. The number of unbranched alkanes of at least 4 members (excludes halogenated alkanes) is 1. The molecular weight excluding hydrogens is 420 g/mol. The minimum Gasteiger partial charge on any atom is -0.378 e. The number of aromatic nitrogens is 3. The lowest BCUT2D eigenvalue weighted by atomic mass is 10.1. The van der Waals surface area contributed by atoms with Gasteiger partial charge in [0.15, 0.2) is 5.16 Å². The van der Waals surface area contributed by atoms with Crippen LogP contribution in [0.1, 0.15) is 36.2 Å². The number of benzene rings is 2. The van der Waals surface area contributed by atoms with Crippen LogP contribution in [0, 0.1) is 6.92 Å². The van der Waals surface area contributed by atoms with E-state index in [-0.39, 0.29) is 5.91 Å². The first-order valence-electron chi connectivity index (χ1n) is 11.2. The Morgan fingerprint density at radius 3 is 2.50 bits per heavy atom. The maximum absolute atomic E-state index is 12.3. The van der Waals surface area contributed by atoms with Gasteiger partial charge in [0.05, 0.1) is 13.2 Å². The summed E-state index contributed by atoms with van der Waals surface area (Å²) in [7, 11) is 0. The monoisotopic (exact) mass is 450 g/mol. The molecule has 1 amide bonds. The van der Waals surface area contributed by atoms with Crippen molar-refractivity contribution in [3.8, 4) is 5.69 Å². The molecule has 4 rings (SSSR count). The van der Waals surface area contributed by atoms with Gasteiger partial charge in [-0.1, -0.05) is 59.8 Å². The van der Waals surface area contributed by atoms with E-state index in [0.29, 0.717) is 19.6 Å². The summed E-state index contributed by atoms with van der Waals surface area (Å²) in [6, 6.07) is 18.8. The molecule has 168 valence electrons. The standard InChI is InChI=1S/C25H30N4O2S/c1-20-10-12-22(13-11-20)29-23(19-21-7-3-2-4-8-21)26-27-25(29)32-18-6-5-9-24(30)28-14-16-31-17-15-28/h2-4,7-8,10-13H,5-6,9,14-19H2,1H3. The number of morpholine rings is 1. The molecule has 2 aromatic carbocycles. The SMILES string of the molecule is Cc1ccc(-n2c(Cc3ccccc3)nnc2SCCCCC(=O)N2CCOCC2)cc1. The van der Waals surface area contributed by atoms with Crippen molar-refractivity contribution in [1.29, 1.82) is 0 Å². The first-order valence-corrected chi connectivity index (χ1v) is 12.2. The van der Waals surface area contributed by atoms with Crippen molar-refractivity contribution in [3.63, 3.8) is 0 Å².